The van der Waals surface area contributed by atoms with Crippen LogP contribution in [0.25, 0.3) is 0 Å². The maximum atomic E-state index is 13.3. The molecule has 8 heteroatoms. The average molecular weight is 410 g/mol. The topological polar surface area (TPSA) is 88.3 Å². The highest BCUT2D eigenvalue weighted by molar-refractivity contribution is 7.17. The van der Waals surface area contributed by atoms with E-state index in [1.807, 2.05) is 13.0 Å². The van der Waals surface area contributed by atoms with Gasteiger partial charge in [0.25, 0.3) is 11.8 Å². The number of hydrogen-bond donors (Lipinski definition) is 1. The average Bonchev–Trinajstić information content (AvgIpc) is 3.30. The van der Waals surface area contributed by atoms with E-state index in [1.165, 1.54) is 22.4 Å². The van der Waals surface area contributed by atoms with E-state index >= 15 is 0 Å². The number of carbonyl (C=O) groups excluding carboxylic acids is 2. The van der Waals surface area contributed by atoms with Gasteiger partial charge in [0.2, 0.25) is 0 Å². The summed E-state index contributed by atoms with van der Waals surface area (Å²) in [5, 5.41) is 7.53. The Kier molecular flexibility index (Phi) is 5.44. The number of aryl methyl sites for hydroxylation is 2. The molecule has 0 fully saturated rings. The molecule has 3 aromatic heterocycles. The summed E-state index contributed by atoms with van der Waals surface area (Å²) in [5.41, 5.74) is 2.83. The molecule has 0 saturated heterocycles. The smallest absolute Gasteiger partial charge is 0.257 e. The van der Waals surface area contributed by atoms with Crippen molar-refractivity contribution in [2.24, 2.45) is 0 Å². The number of hydrogen-bond acceptors (Lipinski definition) is 6. The van der Waals surface area contributed by atoms with Gasteiger partial charge < -0.3 is 14.7 Å². The summed E-state index contributed by atoms with van der Waals surface area (Å²) < 4.78 is 5.10. The monoisotopic (exact) mass is 410 g/mol. The van der Waals surface area contributed by atoms with Crippen molar-refractivity contribution in [1.29, 1.82) is 0 Å². The lowest BCUT2D eigenvalue weighted by Gasteiger charge is -2.19. The van der Waals surface area contributed by atoms with E-state index in [0.717, 1.165) is 31.2 Å². The highest BCUT2D eigenvalue weighted by Gasteiger charge is 2.28. The number of nitrogens with one attached hydrogen (secondary N) is 1. The van der Waals surface area contributed by atoms with Crippen LogP contribution in [-0.4, -0.2) is 33.9 Å². The molecule has 0 spiro atoms. The summed E-state index contributed by atoms with van der Waals surface area (Å²) in [5.74, 6) is 0.324. The molecule has 7 nitrogen and oxygen atoms in total. The third-order valence-corrected chi connectivity index (χ3v) is 6.17. The van der Waals surface area contributed by atoms with Crippen LogP contribution in [0.15, 0.2) is 35.1 Å². The summed E-state index contributed by atoms with van der Waals surface area (Å²) >= 11 is 1.51. The fraction of sp³-hybridized carbons (Fsp3) is 0.333. The summed E-state index contributed by atoms with van der Waals surface area (Å²) in [4.78, 5) is 32.8. The number of aromatic nitrogens is 2. The second-order valence-corrected chi connectivity index (χ2v) is 8.31. The van der Waals surface area contributed by atoms with Crippen LogP contribution in [0.2, 0.25) is 0 Å². The first-order chi connectivity index (χ1) is 14.0. The molecular weight excluding hydrogens is 388 g/mol. The van der Waals surface area contributed by atoms with Gasteiger partial charge in [-0.3, -0.25) is 14.6 Å². The summed E-state index contributed by atoms with van der Waals surface area (Å²) in [6.07, 6.45) is 7.08. The van der Waals surface area contributed by atoms with Gasteiger partial charge in [-0.05, 0) is 50.3 Å². The molecule has 1 N–H and O–H groups in total. The Bertz CT molecular complexity index is 1040. The number of pyridine rings is 1. The molecule has 0 bridgehead atoms. The number of anilines is 1. The van der Waals surface area contributed by atoms with Crippen molar-refractivity contribution < 1.29 is 14.1 Å². The molecule has 0 aromatic carbocycles. The molecule has 1 aliphatic rings. The van der Waals surface area contributed by atoms with Crippen LogP contribution >= 0.6 is 11.3 Å². The number of thiophene rings is 1. The van der Waals surface area contributed by atoms with E-state index in [1.54, 1.807) is 30.3 Å². The Hall–Kier alpha value is -3.00. The van der Waals surface area contributed by atoms with Gasteiger partial charge in [0.15, 0.2) is 0 Å². The SMILES string of the molecule is Cc1cc(CN(C)C(=O)c2c(NC(=O)c3cccnc3)sc3c2CCCC3)no1. The lowest BCUT2D eigenvalue weighted by atomic mass is 9.95. The Morgan fingerprint density at radius 1 is 1.31 bits per heavy atom. The van der Waals surface area contributed by atoms with E-state index < -0.39 is 0 Å². The quantitative estimate of drug-likeness (QED) is 0.690. The normalized spacial score (nSPS) is 13.0. The van der Waals surface area contributed by atoms with Crippen molar-refractivity contribution >= 4 is 28.2 Å². The van der Waals surface area contributed by atoms with Gasteiger partial charge in [0.05, 0.1) is 17.7 Å². The third-order valence-electron chi connectivity index (χ3n) is 4.96. The molecule has 0 radical (unpaired) electrons. The van der Waals surface area contributed by atoms with Crippen molar-refractivity contribution in [2.75, 3.05) is 12.4 Å². The number of fused-ring (bicyclic) bond motifs is 1. The summed E-state index contributed by atoms with van der Waals surface area (Å²) in [6.45, 7) is 2.16. The molecule has 150 valence electrons. The van der Waals surface area contributed by atoms with Gasteiger partial charge in [-0.25, -0.2) is 0 Å². The molecule has 0 aliphatic heterocycles. The van der Waals surface area contributed by atoms with Crippen LogP contribution in [0, 0.1) is 6.92 Å². The Labute approximate surface area is 172 Å². The van der Waals surface area contributed by atoms with Crippen LogP contribution in [0.1, 0.15) is 55.5 Å². The van der Waals surface area contributed by atoms with Gasteiger partial charge in [-0.15, -0.1) is 11.3 Å². The number of carbonyl (C=O) groups is 2. The van der Waals surface area contributed by atoms with Gasteiger partial charge in [0.1, 0.15) is 16.5 Å². The zero-order valence-electron chi connectivity index (χ0n) is 16.4. The number of amides is 2. The largest absolute Gasteiger partial charge is 0.361 e. The lowest BCUT2D eigenvalue weighted by molar-refractivity contribution is 0.0782. The van der Waals surface area contributed by atoms with Gasteiger partial charge in [-0.2, -0.15) is 0 Å². The Morgan fingerprint density at radius 3 is 2.86 bits per heavy atom. The van der Waals surface area contributed by atoms with E-state index in [9.17, 15) is 9.59 Å². The first-order valence-corrected chi connectivity index (χ1v) is 10.4. The third kappa shape index (κ3) is 4.07. The van der Waals surface area contributed by atoms with E-state index in [4.69, 9.17) is 4.52 Å². The minimum atomic E-state index is -0.263. The molecule has 3 aromatic rings. The summed E-state index contributed by atoms with van der Waals surface area (Å²) in [7, 11) is 1.74. The van der Waals surface area contributed by atoms with Crippen LogP contribution < -0.4 is 5.32 Å². The predicted octanol–water partition coefficient (Wildman–Crippen LogP) is 3.84. The molecule has 1 aliphatic carbocycles. The van der Waals surface area contributed by atoms with Crippen LogP contribution in [0.4, 0.5) is 5.00 Å². The molecule has 3 heterocycles. The minimum Gasteiger partial charge on any atom is -0.361 e. The fourth-order valence-electron chi connectivity index (χ4n) is 3.55. The minimum absolute atomic E-state index is 0.119. The van der Waals surface area contributed by atoms with Crippen molar-refractivity contribution in [1.82, 2.24) is 15.0 Å². The second-order valence-electron chi connectivity index (χ2n) is 7.20. The molecule has 0 atom stereocenters. The first kappa shape index (κ1) is 19.3. The Morgan fingerprint density at radius 2 is 2.14 bits per heavy atom. The molecule has 29 heavy (non-hydrogen) atoms. The Balaban J connectivity index is 1.63. The van der Waals surface area contributed by atoms with Crippen LogP contribution in [0.3, 0.4) is 0 Å². The molecule has 2 amide bonds. The number of rotatable bonds is 5. The zero-order valence-corrected chi connectivity index (χ0v) is 17.2. The molecule has 4 rings (SSSR count). The zero-order chi connectivity index (χ0) is 20.4. The fourth-order valence-corrected chi connectivity index (χ4v) is 4.83. The van der Waals surface area contributed by atoms with Crippen molar-refractivity contribution in [3.05, 3.63) is 63.6 Å². The van der Waals surface area contributed by atoms with E-state index in [-0.39, 0.29) is 11.8 Å². The maximum absolute atomic E-state index is 13.3. The predicted molar refractivity (Wildman–Crippen MR) is 110 cm³/mol. The van der Waals surface area contributed by atoms with Crippen molar-refractivity contribution in [3.8, 4) is 0 Å². The van der Waals surface area contributed by atoms with E-state index in [0.29, 0.717) is 34.1 Å². The standard InChI is InChI=1S/C21H22N4O3S/c1-13-10-15(24-28-13)12-25(2)21(27)18-16-7-3-4-8-17(16)29-20(18)23-19(26)14-6-5-9-22-11-14/h5-6,9-11H,3-4,7-8,12H2,1-2H3,(H,23,26). The van der Waals surface area contributed by atoms with Gasteiger partial charge >= 0.3 is 0 Å². The lowest BCUT2D eigenvalue weighted by Crippen LogP contribution is -2.28. The van der Waals surface area contributed by atoms with Gasteiger partial charge in [-0.1, -0.05) is 5.16 Å². The summed E-state index contributed by atoms with van der Waals surface area (Å²) in [6, 6.07) is 5.24. The molecule has 0 saturated carbocycles. The highest BCUT2D eigenvalue weighted by atomic mass is 32.1. The first-order valence-electron chi connectivity index (χ1n) is 9.56. The molecule has 0 unspecified atom stereocenters. The van der Waals surface area contributed by atoms with Gasteiger partial charge in [0, 0.05) is 30.4 Å². The van der Waals surface area contributed by atoms with Crippen molar-refractivity contribution in [3.63, 3.8) is 0 Å². The van der Waals surface area contributed by atoms with Crippen molar-refractivity contribution in [2.45, 2.75) is 39.2 Å². The van der Waals surface area contributed by atoms with E-state index in [2.05, 4.69) is 15.5 Å². The maximum Gasteiger partial charge on any atom is 0.257 e. The molecular formula is C21H22N4O3S. The highest BCUT2D eigenvalue weighted by Crippen LogP contribution is 2.39. The van der Waals surface area contributed by atoms with Crippen LogP contribution in [-0.2, 0) is 19.4 Å². The van der Waals surface area contributed by atoms with Crippen LogP contribution in [0.5, 0.6) is 0 Å². The second kappa shape index (κ2) is 8.16. The number of nitrogens with zero attached hydrogens (tertiary/aromatic N) is 3.